The monoisotopic (exact) mass is 331 g/mol. The summed E-state index contributed by atoms with van der Waals surface area (Å²) in [5.41, 5.74) is 1.88. The van der Waals surface area contributed by atoms with E-state index >= 15 is 0 Å². The van der Waals surface area contributed by atoms with Gasteiger partial charge in [0.25, 0.3) is 0 Å². The van der Waals surface area contributed by atoms with Gasteiger partial charge in [-0.05, 0) is 50.3 Å². The molecule has 0 bridgehead atoms. The smallest absolute Gasteiger partial charge is 0.249 e. The van der Waals surface area contributed by atoms with Gasteiger partial charge in [0.2, 0.25) is 5.95 Å². The van der Waals surface area contributed by atoms with Gasteiger partial charge in [-0.15, -0.1) is 5.10 Å². The van der Waals surface area contributed by atoms with E-state index in [4.69, 9.17) is 11.6 Å². The first-order valence-corrected chi connectivity index (χ1v) is 8.55. The Bertz CT molecular complexity index is 676. The molecule has 1 N–H and O–H groups in total. The highest BCUT2D eigenvalue weighted by Crippen LogP contribution is 2.27. The molecule has 1 atom stereocenters. The molecule has 6 heteroatoms. The standard InChI is InChI=1S/C17H22ClN5/c1-3-13-7-4-5-10-23(13)16-11-19-22-17(21-16)20-15-9-6-8-14(18)12(15)2/h6,8-9,11,13H,3-5,7,10H2,1-2H3,(H,20,21,22). The average Bonchev–Trinajstić information content (AvgIpc) is 2.59. The van der Waals surface area contributed by atoms with Gasteiger partial charge in [0, 0.05) is 23.3 Å². The molecule has 2 aromatic rings. The van der Waals surface area contributed by atoms with Crippen molar-refractivity contribution < 1.29 is 0 Å². The van der Waals surface area contributed by atoms with Crippen LogP contribution >= 0.6 is 11.6 Å². The van der Waals surface area contributed by atoms with Crippen LogP contribution in [0.15, 0.2) is 24.4 Å². The summed E-state index contributed by atoms with van der Waals surface area (Å²) in [6.45, 7) is 5.23. The highest BCUT2D eigenvalue weighted by Gasteiger charge is 2.22. The molecule has 0 spiro atoms. The van der Waals surface area contributed by atoms with Crippen molar-refractivity contribution in [1.82, 2.24) is 15.2 Å². The predicted molar refractivity (Wildman–Crippen MR) is 94.6 cm³/mol. The molecule has 2 heterocycles. The second-order valence-electron chi connectivity index (χ2n) is 5.93. The van der Waals surface area contributed by atoms with Gasteiger partial charge in [-0.2, -0.15) is 10.1 Å². The largest absolute Gasteiger partial charge is 0.352 e. The molecule has 5 nitrogen and oxygen atoms in total. The van der Waals surface area contributed by atoms with E-state index < -0.39 is 0 Å². The van der Waals surface area contributed by atoms with Crippen LogP contribution in [0.2, 0.25) is 5.02 Å². The first-order valence-electron chi connectivity index (χ1n) is 8.17. The Morgan fingerprint density at radius 2 is 2.22 bits per heavy atom. The van der Waals surface area contributed by atoms with Gasteiger partial charge in [-0.25, -0.2) is 0 Å². The van der Waals surface area contributed by atoms with Crippen LogP contribution in [0.4, 0.5) is 17.5 Å². The Morgan fingerprint density at radius 1 is 1.35 bits per heavy atom. The van der Waals surface area contributed by atoms with E-state index in [2.05, 4.69) is 32.3 Å². The van der Waals surface area contributed by atoms with Crippen molar-refractivity contribution in [2.45, 2.75) is 45.6 Å². The summed E-state index contributed by atoms with van der Waals surface area (Å²) in [5, 5.41) is 12.2. The Labute approximate surface area is 142 Å². The van der Waals surface area contributed by atoms with E-state index in [0.717, 1.165) is 35.1 Å². The second kappa shape index (κ2) is 7.13. The summed E-state index contributed by atoms with van der Waals surface area (Å²) < 4.78 is 0. The van der Waals surface area contributed by atoms with E-state index in [9.17, 15) is 0 Å². The Kier molecular flexibility index (Phi) is 4.96. The molecular weight excluding hydrogens is 310 g/mol. The van der Waals surface area contributed by atoms with Gasteiger partial charge in [-0.1, -0.05) is 24.6 Å². The highest BCUT2D eigenvalue weighted by molar-refractivity contribution is 6.31. The van der Waals surface area contributed by atoms with Crippen molar-refractivity contribution in [2.75, 3.05) is 16.8 Å². The Morgan fingerprint density at radius 3 is 3.04 bits per heavy atom. The molecule has 0 aliphatic carbocycles. The van der Waals surface area contributed by atoms with Crippen LogP contribution in [0.3, 0.4) is 0 Å². The van der Waals surface area contributed by atoms with Crippen LogP contribution in [0.1, 0.15) is 38.2 Å². The molecule has 1 aliphatic rings. The van der Waals surface area contributed by atoms with Gasteiger partial charge in [0.05, 0.1) is 6.20 Å². The van der Waals surface area contributed by atoms with Crippen molar-refractivity contribution in [3.63, 3.8) is 0 Å². The molecule has 1 aliphatic heterocycles. The first-order chi connectivity index (χ1) is 11.2. The zero-order valence-corrected chi connectivity index (χ0v) is 14.3. The molecule has 3 rings (SSSR count). The Balaban J connectivity index is 1.83. The van der Waals surface area contributed by atoms with Gasteiger partial charge in [0.15, 0.2) is 5.82 Å². The number of piperidine rings is 1. The fraction of sp³-hybridized carbons (Fsp3) is 0.471. The SMILES string of the molecule is CCC1CCCCN1c1cnnc(Nc2cccc(Cl)c2C)n1. The summed E-state index contributed by atoms with van der Waals surface area (Å²) >= 11 is 6.17. The summed E-state index contributed by atoms with van der Waals surface area (Å²) in [6.07, 6.45) is 6.60. The number of anilines is 3. The summed E-state index contributed by atoms with van der Waals surface area (Å²) in [5.74, 6) is 1.40. The van der Waals surface area contributed by atoms with Crippen molar-refractivity contribution in [3.8, 4) is 0 Å². The van der Waals surface area contributed by atoms with E-state index in [1.54, 1.807) is 6.20 Å². The number of hydrogen-bond donors (Lipinski definition) is 1. The van der Waals surface area contributed by atoms with Gasteiger partial charge in [-0.3, -0.25) is 0 Å². The van der Waals surface area contributed by atoms with Gasteiger partial charge in [0.1, 0.15) is 0 Å². The van der Waals surface area contributed by atoms with E-state index in [-0.39, 0.29) is 0 Å². The Hall–Kier alpha value is -1.88. The minimum Gasteiger partial charge on any atom is -0.352 e. The van der Waals surface area contributed by atoms with Gasteiger partial charge < -0.3 is 10.2 Å². The van der Waals surface area contributed by atoms with Crippen LogP contribution in [-0.2, 0) is 0 Å². The number of rotatable bonds is 4. The molecule has 1 saturated heterocycles. The number of halogens is 1. The molecular formula is C17H22ClN5. The van der Waals surface area contributed by atoms with Crippen LogP contribution in [-0.4, -0.2) is 27.8 Å². The van der Waals surface area contributed by atoms with Crippen molar-refractivity contribution in [3.05, 3.63) is 35.0 Å². The summed E-state index contributed by atoms with van der Waals surface area (Å²) in [7, 11) is 0. The number of nitrogens with zero attached hydrogens (tertiary/aromatic N) is 4. The quantitative estimate of drug-likeness (QED) is 0.902. The molecule has 1 fully saturated rings. The lowest BCUT2D eigenvalue weighted by atomic mass is 10.0. The normalized spacial score (nSPS) is 18.0. The molecule has 0 radical (unpaired) electrons. The van der Waals surface area contributed by atoms with E-state index in [1.165, 1.54) is 19.3 Å². The number of nitrogens with one attached hydrogen (secondary N) is 1. The maximum atomic E-state index is 6.17. The average molecular weight is 332 g/mol. The fourth-order valence-electron chi connectivity index (χ4n) is 3.08. The molecule has 1 unspecified atom stereocenters. The van der Waals surface area contributed by atoms with Crippen LogP contribution < -0.4 is 10.2 Å². The zero-order chi connectivity index (χ0) is 16.2. The lowest BCUT2D eigenvalue weighted by Gasteiger charge is -2.35. The lowest BCUT2D eigenvalue weighted by Crippen LogP contribution is -2.39. The third-order valence-electron chi connectivity index (χ3n) is 4.45. The topological polar surface area (TPSA) is 53.9 Å². The fourth-order valence-corrected chi connectivity index (χ4v) is 3.25. The van der Waals surface area contributed by atoms with Gasteiger partial charge >= 0.3 is 0 Å². The minimum atomic E-state index is 0.508. The third kappa shape index (κ3) is 3.55. The van der Waals surface area contributed by atoms with Crippen molar-refractivity contribution in [1.29, 1.82) is 0 Å². The highest BCUT2D eigenvalue weighted by atomic mass is 35.5. The molecule has 1 aromatic carbocycles. The lowest BCUT2D eigenvalue weighted by molar-refractivity contribution is 0.446. The molecule has 1 aromatic heterocycles. The molecule has 23 heavy (non-hydrogen) atoms. The maximum Gasteiger partial charge on any atom is 0.249 e. The maximum absolute atomic E-state index is 6.17. The number of benzene rings is 1. The van der Waals surface area contributed by atoms with Crippen molar-refractivity contribution in [2.24, 2.45) is 0 Å². The predicted octanol–water partition coefficient (Wildman–Crippen LogP) is 4.35. The number of hydrogen-bond acceptors (Lipinski definition) is 5. The molecule has 0 amide bonds. The van der Waals surface area contributed by atoms with Crippen LogP contribution in [0, 0.1) is 6.92 Å². The van der Waals surface area contributed by atoms with E-state index in [1.807, 2.05) is 25.1 Å². The third-order valence-corrected chi connectivity index (χ3v) is 4.86. The van der Waals surface area contributed by atoms with Crippen LogP contribution in [0.25, 0.3) is 0 Å². The zero-order valence-electron chi connectivity index (χ0n) is 13.6. The van der Waals surface area contributed by atoms with Crippen LogP contribution in [0.5, 0.6) is 0 Å². The molecule has 0 saturated carbocycles. The number of aromatic nitrogens is 3. The summed E-state index contributed by atoms with van der Waals surface area (Å²) in [4.78, 5) is 7.01. The molecule has 122 valence electrons. The summed E-state index contributed by atoms with van der Waals surface area (Å²) in [6, 6.07) is 6.29. The second-order valence-corrected chi connectivity index (χ2v) is 6.33. The first kappa shape index (κ1) is 16.0. The van der Waals surface area contributed by atoms with Crippen molar-refractivity contribution >= 4 is 29.1 Å². The van der Waals surface area contributed by atoms with E-state index in [0.29, 0.717) is 12.0 Å². The minimum absolute atomic E-state index is 0.508.